The van der Waals surface area contributed by atoms with Gasteiger partial charge in [0.05, 0.1) is 12.0 Å². The average molecular weight is 305 g/mol. The molecule has 5 heteroatoms. The van der Waals surface area contributed by atoms with Crippen LogP contribution in [0.25, 0.3) is 10.9 Å². The summed E-state index contributed by atoms with van der Waals surface area (Å²) in [6.07, 6.45) is 2.11. The van der Waals surface area contributed by atoms with Crippen LogP contribution in [0.4, 0.5) is 11.4 Å². The number of aromatic nitrogens is 1. The Kier molecular flexibility index (Phi) is 2.94. The number of H-pyrrole nitrogens is 1. The molecule has 3 aromatic rings. The van der Waals surface area contributed by atoms with Gasteiger partial charge in [0.25, 0.3) is 5.91 Å². The normalized spacial score (nSPS) is 13.0. The molecule has 23 heavy (non-hydrogen) atoms. The van der Waals surface area contributed by atoms with Crippen molar-refractivity contribution in [3.8, 4) is 0 Å². The van der Waals surface area contributed by atoms with Gasteiger partial charge in [0, 0.05) is 28.5 Å². The maximum atomic E-state index is 12.5. The number of anilines is 2. The number of benzene rings is 2. The average Bonchev–Trinajstić information content (AvgIpc) is 3.08. The third-order valence-electron chi connectivity index (χ3n) is 4.07. The van der Waals surface area contributed by atoms with E-state index in [4.69, 9.17) is 0 Å². The van der Waals surface area contributed by atoms with Crippen molar-refractivity contribution in [2.24, 2.45) is 0 Å². The second-order valence-electron chi connectivity index (χ2n) is 5.80. The fraction of sp³-hybridized carbons (Fsp3) is 0.111. The summed E-state index contributed by atoms with van der Waals surface area (Å²) >= 11 is 0. The Labute approximate surface area is 132 Å². The molecule has 2 aromatic carbocycles. The first-order valence-corrected chi connectivity index (χ1v) is 7.42. The Morgan fingerprint density at radius 2 is 2.04 bits per heavy atom. The van der Waals surface area contributed by atoms with Gasteiger partial charge >= 0.3 is 0 Å². The summed E-state index contributed by atoms with van der Waals surface area (Å²) in [5.74, 6) is -0.195. The molecule has 0 bridgehead atoms. The largest absolute Gasteiger partial charge is 0.360 e. The van der Waals surface area contributed by atoms with Crippen LogP contribution in [-0.4, -0.2) is 16.8 Å². The number of carbonyl (C=O) groups excluding carboxylic acids is 2. The van der Waals surface area contributed by atoms with Crippen LogP contribution in [0.15, 0.2) is 42.6 Å². The molecule has 0 unspecified atom stereocenters. The molecule has 2 amide bonds. The van der Waals surface area contributed by atoms with Gasteiger partial charge in [-0.1, -0.05) is 18.2 Å². The SMILES string of the molecule is Cc1ccc2c(C(=O)Nc3ccc4c(c3)NC(=O)C4)c[nH]c2c1. The lowest BCUT2D eigenvalue weighted by Crippen LogP contribution is -2.11. The molecule has 0 fully saturated rings. The highest BCUT2D eigenvalue weighted by molar-refractivity contribution is 6.13. The monoisotopic (exact) mass is 305 g/mol. The zero-order valence-corrected chi connectivity index (χ0v) is 12.6. The van der Waals surface area contributed by atoms with Crippen molar-refractivity contribution in [3.63, 3.8) is 0 Å². The van der Waals surface area contributed by atoms with Crippen molar-refractivity contribution < 1.29 is 9.59 Å². The topological polar surface area (TPSA) is 74.0 Å². The van der Waals surface area contributed by atoms with Gasteiger partial charge in [0.15, 0.2) is 0 Å². The number of aryl methyl sites for hydroxylation is 1. The van der Waals surface area contributed by atoms with Crippen molar-refractivity contribution in [2.45, 2.75) is 13.3 Å². The zero-order valence-electron chi connectivity index (χ0n) is 12.6. The highest BCUT2D eigenvalue weighted by atomic mass is 16.2. The van der Waals surface area contributed by atoms with Gasteiger partial charge in [-0.05, 0) is 36.2 Å². The molecule has 0 saturated heterocycles. The van der Waals surface area contributed by atoms with E-state index in [0.717, 1.165) is 27.7 Å². The molecule has 0 atom stereocenters. The molecule has 2 heterocycles. The first-order chi connectivity index (χ1) is 11.1. The van der Waals surface area contributed by atoms with Crippen LogP contribution in [-0.2, 0) is 11.2 Å². The minimum Gasteiger partial charge on any atom is -0.360 e. The highest BCUT2D eigenvalue weighted by Gasteiger charge is 2.18. The first-order valence-electron chi connectivity index (χ1n) is 7.42. The number of nitrogens with one attached hydrogen (secondary N) is 3. The van der Waals surface area contributed by atoms with Crippen LogP contribution >= 0.6 is 0 Å². The standard InChI is InChI=1S/C18H15N3O2/c1-10-2-5-13-14(9-19-16(13)6-10)18(23)20-12-4-3-11-7-17(22)21-15(11)8-12/h2-6,8-9,19H,7H2,1H3,(H,20,23)(H,21,22). The van der Waals surface area contributed by atoms with Crippen LogP contribution in [0.5, 0.6) is 0 Å². The number of rotatable bonds is 2. The fourth-order valence-electron chi connectivity index (χ4n) is 2.92. The summed E-state index contributed by atoms with van der Waals surface area (Å²) < 4.78 is 0. The third-order valence-corrected chi connectivity index (χ3v) is 4.07. The van der Waals surface area contributed by atoms with Crippen molar-refractivity contribution in [1.82, 2.24) is 4.98 Å². The molecule has 1 aliphatic heterocycles. The summed E-state index contributed by atoms with van der Waals surface area (Å²) in [6, 6.07) is 11.4. The van der Waals surface area contributed by atoms with E-state index >= 15 is 0 Å². The summed E-state index contributed by atoms with van der Waals surface area (Å²) in [4.78, 5) is 27.0. The summed E-state index contributed by atoms with van der Waals surface area (Å²) in [5, 5.41) is 6.56. The number of hydrogen-bond donors (Lipinski definition) is 3. The van der Waals surface area contributed by atoms with E-state index in [-0.39, 0.29) is 11.8 Å². The van der Waals surface area contributed by atoms with E-state index in [2.05, 4.69) is 15.6 Å². The molecule has 3 N–H and O–H groups in total. The fourth-order valence-corrected chi connectivity index (χ4v) is 2.92. The Hall–Kier alpha value is -3.08. The number of amides is 2. The lowest BCUT2D eigenvalue weighted by molar-refractivity contribution is -0.115. The number of fused-ring (bicyclic) bond motifs is 2. The molecule has 0 saturated carbocycles. The second kappa shape index (κ2) is 4.98. The minimum atomic E-state index is -0.177. The molecule has 4 rings (SSSR count). The Morgan fingerprint density at radius 3 is 2.91 bits per heavy atom. The van der Waals surface area contributed by atoms with E-state index in [1.165, 1.54) is 0 Å². The molecule has 0 aliphatic carbocycles. The lowest BCUT2D eigenvalue weighted by atomic mass is 10.1. The maximum absolute atomic E-state index is 12.5. The molecule has 5 nitrogen and oxygen atoms in total. The van der Waals surface area contributed by atoms with Crippen molar-refractivity contribution in [1.29, 1.82) is 0 Å². The maximum Gasteiger partial charge on any atom is 0.257 e. The van der Waals surface area contributed by atoms with Crippen molar-refractivity contribution in [3.05, 3.63) is 59.3 Å². The van der Waals surface area contributed by atoms with E-state index in [9.17, 15) is 9.59 Å². The third kappa shape index (κ3) is 2.36. The smallest absolute Gasteiger partial charge is 0.257 e. The number of aromatic amines is 1. The molecular weight excluding hydrogens is 290 g/mol. The molecule has 1 aliphatic rings. The summed E-state index contributed by atoms with van der Waals surface area (Å²) in [5.41, 5.74) is 5.07. The second-order valence-corrected chi connectivity index (χ2v) is 5.80. The minimum absolute atomic E-state index is 0.0181. The van der Waals surface area contributed by atoms with E-state index in [1.807, 2.05) is 37.3 Å². The Bertz CT molecular complexity index is 956. The van der Waals surface area contributed by atoms with Crippen LogP contribution in [0.2, 0.25) is 0 Å². The van der Waals surface area contributed by atoms with E-state index < -0.39 is 0 Å². The van der Waals surface area contributed by atoms with Gasteiger partial charge in [-0.3, -0.25) is 9.59 Å². The summed E-state index contributed by atoms with van der Waals surface area (Å²) in [7, 11) is 0. The van der Waals surface area contributed by atoms with E-state index in [1.54, 1.807) is 12.3 Å². The first kappa shape index (κ1) is 13.6. The van der Waals surface area contributed by atoms with Gasteiger partial charge in [-0.15, -0.1) is 0 Å². The molecule has 0 spiro atoms. The lowest BCUT2D eigenvalue weighted by Gasteiger charge is -2.07. The quantitative estimate of drug-likeness (QED) is 0.680. The predicted octanol–water partition coefficient (Wildman–Crippen LogP) is 3.22. The highest BCUT2D eigenvalue weighted by Crippen LogP contribution is 2.27. The molecule has 1 aromatic heterocycles. The number of hydrogen-bond acceptors (Lipinski definition) is 2. The van der Waals surface area contributed by atoms with Gasteiger partial charge < -0.3 is 15.6 Å². The van der Waals surface area contributed by atoms with Crippen LogP contribution in [0.1, 0.15) is 21.5 Å². The molecule has 0 radical (unpaired) electrons. The van der Waals surface area contributed by atoms with Gasteiger partial charge in [0.1, 0.15) is 0 Å². The number of carbonyl (C=O) groups is 2. The Balaban J connectivity index is 1.62. The predicted molar refractivity (Wildman–Crippen MR) is 89.8 cm³/mol. The van der Waals surface area contributed by atoms with Crippen molar-refractivity contribution in [2.75, 3.05) is 10.6 Å². The van der Waals surface area contributed by atoms with Gasteiger partial charge in [-0.2, -0.15) is 0 Å². The molecular formula is C18H15N3O2. The van der Waals surface area contributed by atoms with Gasteiger partial charge in [-0.25, -0.2) is 0 Å². The van der Waals surface area contributed by atoms with Gasteiger partial charge in [0.2, 0.25) is 5.91 Å². The van der Waals surface area contributed by atoms with E-state index in [0.29, 0.717) is 17.7 Å². The van der Waals surface area contributed by atoms with Crippen LogP contribution < -0.4 is 10.6 Å². The Morgan fingerprint density at radius 1 is 1.17 bits per heavy atom. The van der Waals surface area contributed by atoms with Crippen LogP contribution in [0, 0.1) is 6.92 Å². The van der Waals surface area contributed by atoms with Crippen LogP contribution in [0.3, 0.4) is 0 Å². The van der Waals surface area contributed by atoms with Crippen molar-refractivity contribution >= 4 is 34.1 Å². The molecule has 114 valence electrons. The zero-order chi connectivity index (χ0) is 16.0. The summed E-state index contributed by atoms with van der Waals surface area (Å²) in [6.45, 7) is 2.01.